The van der Waals surface area contributed by atoms with Gasteiger partial charge in [0.05, 0.1) is 18.2 Å². The highest BCUT2D eigenvalue weighted by Gasteiger charge is 2.28. The van der Waals surface area contributed by atoms with Crippen molar-refractivity contribution >= 4 is 5.84 Å². The van der Waals surface area contributed by atoms with Crippen LogP contribution < -0.4 is 10.8 Å². The van der Waals surface area contributed by atoms with E-state index in [0.29, 0.717) is 12.1 Å². The van der Waals surface area contributed by atoms with Gasteiger partial charge in [-0.1, -0.05) is 30.3 Å². The number of aryl methyl sites for hydroxylation is 1. The fraction of sp³-hybridized carbons (Fsp3) is 0.333. The lowest BCUT2D eigenvalue weighted by atomic mass is 10.0. The van der Waals surface area contributed by atoms with Gasteiger partial charge < -0.3 is 10.4 Å². The second-order valence-electron chi connectivity index (χ2n) is 6.88. The zero-order valence-corrected chi connectivity index (χ0v) is 15.2. The van der Waals surface area contributed by atoms with E-state index in [1.807, 2.05) is 31.2 Å². The molecular weight excluding hydrogens is 340 g/mol. The van der Waals surface area contributed by atoms with Gasteiger partial charge in [0.15, 0.2) is 5.84 Å². The minimum Gasteiger partial charge on any atom is -0.395 e. The molecule has 0 saturated carbocycles. The third kappa shape index (κ3) is 3.33. The maximum atomic E-state index is 9.24. The molecule has 1 heterocycles. The fourth-order valence-corrected chi connectivity index (χ4v) is 3.79. The Hall–Kier alpha value is -2.72. The number of fused-ring (bicyclic) bond motifs is 1. The number of benzene rings is 2. The maximum Gasteiger partial charge on any atom is 0.202 e. The lowest BCUT2D eigenvalue weighted by Gasteiger charge is -2.14. The van der Waals surface area contributed by atoms with Crippen LogP contribution in [0.1, 0.15) is 52.1 Å². The van der Waals surface area contributed by atoms with Crippen molar-refractivity contribution in [1.82, 2.24) is 10.8 Å². The van der Waals surface area contributed by atoms with E-state index in [4.69, 9.17) is 14.9 Å². The van der Waals surface area contributed by atoms with Crippen molar-refractivity contribution in [2.45, 2.75) is 32.0 Å². The number of nitrogens with one attached hydrogen (secondary N) is 2. The summed E-state index contributed by atoms with van der Waals surface area (Å²) in [7, 11) is 0. The quantitative estimate of drug-likeness (QED) is 0.760. The molecule has 0 spiro atoms. The van der Waals surface area contributed by atoms with Crippen molar-refractivity contribution in [2.75, 3.05) is 13.2 Å². The summed E-state index contributed by atoms with van der Waals surface area (Å²) >= 11 is 0. The Morgan fingerprint density at radius 2 is 2.26 bits per heavy atom. The molecule has 2 aromatic carbocycles. The lowest BCUT2D eigenvalue weighted by Crippen LogP contribution is -2.23. The number of amidine groups is 1. The van der Waals surface area contributed by atoms with Gasteiger partial charge in [0.25, 0.3) is 0 Å². The molecule has 0 amide bonds. The Labute approximate surface area is 158 Å². The van der Waals surface area contributed by atoms with Gasteiger partial charge in [0, 0.05) is 23.7 Å². The van der Waals surface area contributed by atoms with Crippen LogP contribution in [0.3, 0.4) is 0 Å². The third-order valence-electron chi connectivity index (χ3n) is 5.21. The first-order valence-electron chi connectivity index (χ1n) is 9.17. The van der Waals surface area contributed by atoms with Crippen molar-refractivity contribution in [1.29, 1.82) is 5.26 Å². The predicted molar refractivity (Wildman–Crippen MR) is 102 cm³/mol. The summed E-state index contributed by atoms with van der Waals surface area (Å²) < 4.78 is 0. The summed E-state index contributed by atoms with van der Waals surface area (Å²) in [6.07, 6.45) is 1.50. The van der Waals surface area contributed by atoms with Crippen molar-refractivity contribution in [3.05, 3.63) is 69.8 Å². The van der Waals surface area contributed by atoms with Crippen LogP contribution in [0.25, 0.3) is 0 Å². The smallest absolute Gasteiger partial charge is 0.202 e. The fourth-order valence-electron chi connectivity index (χ4n) is 3.79. The number of aliphatic hydroxyl groups excluding tert-OH is 1. The Bertz CT molecular complexity index is 932. The van der Waals surface area contributed by atoms with Crippen molar-refractivity contribution < 1.29 is 9.94 Å². The van der Waals surface area contributed by atoms with Gasteiger partial charge in [-0.25, -0.2) is 15.3 Å². The monoisotopic (exact) mass is 362 g/mol. The standard InChI is InChI=1S/C21H22N4O2/c1-13-5-6-14(11-15(13)12-22)21-24-20(25-27-21)18-4-2-3-17-16(18)7-8-19(17)23-9-10-26/h2-6,11,19,21,23,26H,7-10H2,1H3,(H,24,25). The second kappa shape index (κ2) is 7.49. The lowest BCUT2D eigenvalue weighted by molar-refractivity contribution is 0.0376. The van der Waals surface area contributed by atoms with E-state index < -0.39 is 6.23 Å². The highest BCUT2D eigenvalue weighted by Crippen LogP contribution is 2.34. The van der Waals surface area contributed by atoms with Gasteiger partial charge in [-0.15, -0.1) is 0 Å². The summed E-state index contributed by atoms with van der Waals surface area (Å²) in [6, 6.07) is 14.4. The summed E-state index contributed by atoms with van der Waals surface area (Å²) in [4.78, 5) is 10.4. The van der Waals surface area contributed by atoms with Gasteiger partial charge >= 0.3 is 0 Å². The minimum atomic E-state index is -0.465. The number of rotatable bonds is 5. The number of hydrogen-bond acceptors (Lipinski definition) is 6. The summed E-state index contributed by atoms with van der Waals surface area (Å²) in [6.45, 7) is 2.64. The second-order valence-corrected chi connectivity index (χ2v) is 6.88. The molecule has 2 atom stereocenters. The van der Waals surface area contributed by atoms with Crippen molar-refractivity contribution in [2.24, 2.45) is 4.99 Å². The van der Waals surface area contributed by atoms with E-state index in [1.165, 1.54) is 11.1 Å². The molecule has 0 saturated heterocycles. The van der Waals surface area contributed by atoms with Gasteiger partial charge in [0.2, 0.25) is 6.23 Å². The maximum absolute atomic E-state index is 9.24. The first-order chi connectivity index (χ1) is 13.2. The number of aliphatic hydroxyl groups is 1. The van der Waals surface area contributed by atoms with Crippen LogP contribution >= 0.6 is 0 Å². The molecule has 4 rings (SSSR count). The van der Waals surface area contributed by atoms with E-state index >= 15 is 0 Å². The first-order valence-corrected chi connectivity index (χ1v) is 9.17. The molecule has 3 N–H and O–H groups in total. The predicted octanol–water partition coefficient (Wildman–Crippen LogP) is 2.42. The van der Waals surface area contributed by atoms with E-state index in [1.54, 1.807) is 0 Å². The topological polar surface area (TPSA) is 89.7 Å². The average molecular weight is 362 g/mol. The highest BCUT2D eigenvalue weighted by molar-refractivity contribution is 6.00. The number of hydrogen-bond donors (Lipinski definition) is 3. The SMILES string of the molecule is Cc1ccc(C2N=C(c3cccc4c3CCC4NCCO)NO2)cc1C#N. The molecule has 2 aliphatic rings. The molecule has 2 unspecified atom stereocenters. The van der Waals surface area contributed by atoms with Crippen LogP contribution in [0.5, 0.6) is 0 Å². The molecule has 6 nitrogen and oxygen atoms in total. The highest BCUT2D eigenvalue weighted by atomic mass is 16.7. The van der Waals surface area contributed by atoms with Gasteiger partial charge in [-0.3, -0.25) is 0 Å². The third-order valence-corrected chi connectivity index (χ3v) is 5.21. The number of aliphatic imine (C=N–C) groups is 1. The summed E-state index contributed by atoms with van der Waals surface area (Å²) in [5.74, 6) is 0.721. The molecule has 2 aromatic rings. The molecule has 0 aromatic heterocycles. The van der Waals surface area contributed by atoms with Crippen LogP contribution in [0, 0.1) is 18.3 Å². The molecule has 138 valence electrons. The van der Waals surface area contributed by atoms with Crippen LogP contribution in [0.15, 0.2) is 41.4 Å². The summed E-state index contributed by atoms with van der Waals surface area (Å²) in [5, 5.41) is 21.7. The molecule has 0 fully saturated rings. The van der Waals surface area contributed by atoms with Gasteiger partial charge in [-0.05, 0) is 42.5 Å². The molecule has 0 bridgehead atoms. The van der Waals surface area contributed by atoms with Crippen LogP contribution in [0.4, 0.5) is 0 Å². The molecular formula is C21H22N4O2. The van der Waals surface area contributed by atoms with E-state index in [9.17, 15) is 5.26 Å². The average Bonchev–Trinajstić information content (AvgIpc) is 3.34. The van der Waals surface area contributed by atoms with Crippen LogP contribution in [-0.4, -0.2) is 24.1 Å². The van der Waals surface area contributed by atoms with Crippen molar-refractivity contribution in [3.63, 3.8) is 0 Å². The van der Waals surface area contributed by atoms with Crippen molar-refractivity contribution in [3.8, 4) is 6.07 Å². The van der Waals surface area contributed by atoms with E-state index in [0.717, 1.165) is 35.4 Å². The van der Waals surface area contributed by atoms with E-state index in [-0.39, 0.29) is 12.6 Å². The molecule has 0 radical (unpaired) electrons. The van der Waals surface area contributed by atoms with E-state index in [2.05, 4.69) is 29.0 Å². The number of nitrogens with zero attached hydrogens (tertiary/aromatic N) is 2. The van der Waals surface area contributed by atoms with Gasteiger partial charge in [0.1, 0.15) is 0 Å². The normalized spacial score (nSPS) is 20.7. The zero-order valence-electron chi connectivity index (χ0n) is 15.2. The number of nitriles is 1. The number of hydroxylamine groups is 1. The first kappa shape index (κ1) is 17.7. The van der Waals surface area contributed by atoms with Crippen LogP contribution in [0.2, 0.25) is 0 Å². The largest absolute Gasteiger partial charge is 0.395 e. The Balaban J connectivity index is 1.62. The Morgan fingerprint density at radius 1 is 1.37 bits per heavy atom. The van der Waals surface area contributed by atoms with Crippen LogP contribution in [-0.2, 0) is 11.3 Å². The Morgan fingerprint density at radius 3 is 3.07 bits per heavy atom. The zero-order chi connectivity index (χ0) is 18.8. The molecule has 27 heavy (non-hydrogen) atoms. The Kier molecular flexibility index (Phi) is 4.90. The summed E-state index contributed by atoms with van der Waals surface area (Å²) in [5.41, 5.74) is 8.99. The molecule has 1 aliphatic carbocycles. The van der Waals surface area contributed by atoms with Gasteiger partial charge in [-0.2, -0.15) is 5.26 Å². The molecule has 6 heteroatoms. The minimum absolute atomic E-state index is 0.135. The molecule has 1 aliphatic heterocycles.